The molecular formula is C7H10O3. The summed E-state index contributed by atoms with van der Waals surface area (Å²) >= 11 is 0. The van der Waals surface area contributed by atoms with Gasteiger partial charge in [-0.15, -0.1) is 6.58 Å². The first-order chi connectivity index (χ1) is 4.63. The van der Waals surface area contributed by atoms with E-state index in [1.165, 1.54) is 0 Å². The highest BCUT2D eigenvalue weighted by atomic mass is 16.6. The minimum atomic E-state index is -0.943. The molecule has 0 aromatic carbocycles. The van der Waals surface area contributed by atoms with Gasteiger partial charge in [-0.1, -0.05) is 6.08 Å². The van der Waals surface area contributed by atoms with Crippen molar-refractivity contribution in [1.29, 1.82) is 0 Å². The van der Waals surface area contributed by atoms with Crippen molar-refractivity contribution in [2.75, 3.05) is 0 Å². The molecule has 1 rings (SSSR count). The zero-order chi connectivity index (χ0) is 7.78. The molecule has 1 saturated heterocycles. The van der Waals surface area contributed by atoms with E-state index in [-0.39, 0.29) is 6.10 Å². The number of rotatable bonds is 3. The first-order valence-corrected chi connectivity index (χ1v) is 3.15. The Bertz CT molecular complexity index is 176. The van der Waals surface area contributed by atoms with E-state index in [0.717, 1.165) is 0 Å². The molecule has 0 aromatic heterocycles. The molecule has 3 nitrogen and oxygen atoms in total. The number of hydrogen-bond acceptors (Lipinski definition) is 2. The van der Waals surface area contributed by atoms with Gasteiger partial charge in [0.1, 0.15) is 0 Å². The maximum atomic E-state index is 10.5. The van der Waals surface area contributed by atoms with E-state index in [0.29, 0.717) is 6.42 Å². The monoisotopic (exact) mass is 142 g/mol. The van der Waals surface area contributed by atoms with Crippen molar-refractivity contribution in [2.24, 2.45) is 0 Å². The second-order valence-corrected chi connectivity index (χ2v) is 2.45. The van der Waals surface area contributed by atoms with Gasteiger partial charge >= 0.3 is 5.97 Å². The van der Waals surface area contributed by atoms with Crippen LogP contribution in [-0.4, -0.2) is 22.8 Å². The first kappa shape index (κ1) is 7.28. The lowest BCUT2D eigenvalue weighted by Crippen LogP contribution is -2.25. The number of carboxylic acid groups (broad SMARTS) is 1. The van der Waals surface area contributed by atoms with E-state index in [4.69, 9.17) is 9.84 Å². The SMILES string of the molecule is C=CCC1(C(=O)O)OC1C. The van der Waals surface area contributed by atoms with E-state index in [1.807, 2.05) is 0 Å². The van der Waals surface area contributed by atoms with E-state index in [1.54, 1.807) is 13.0 Å². The number of carboxylic acids is 1. The van der Waals surface area contributed by atoms with Crippen LogP contribution < -0.4 is 0 Å². The zero-order valence-corrected chi connectivity index (χ0v) is 5.83. The van der Waals surface area contributed by atoms with Crippen molar-refractivity contribution in [2.45, 2.75) is 25.0 Å². The third-order valence-electron chi connectivity index (χ3n) is 1.80. The fourth-order valence-electron chi connectivity index (χ4n) is 1.02. The molecule has 0 bridgehead atoms. The van der Waals surface area contributed by atoms with Gasteiger partial charge in [-0.05, 0) is 6.92 Å². The number of aliphatic carboxylic acids is 1. The molecular weight excluding hydrogens is 132 g/mol. The number of epoxide rings is 1. The van der Waals surface area contributed by atoms with Gasteiger partial charge in [0.25, 0.3) is 0 Å². The molecule has 0 amide bonds. The van der Waals surface area contributed by atoms with E-state index >= 15 is 0 Å². The summed E-state index contributed by atoms with van der Waals surface area (Å²) in [4.78, 5) is 10.5. The summed E-state index contributed by atoms with van der Waals surface area (Å²) in [5, 5.41) is 8.63. The van der Waals surface area contributed by atoms with Crippen LogP contribution in [0.2, 0.25) is 0 Å². The quantitative estimate of drug-likeness (QED) is 0.468. The lowest BCUT2D eigenvalue weighted by atomic mass is 10.0. The summed E-state index contributed by atoms with van der Waals surface area (Å²) in [5.41, 5.74) is -0.943. The van der Waals surface area contributed by atoms with Gasteiger partial charge in [-0.2, -0.15) is 0 Å². The Kier molecular flexibility index (Phi) is 1.52. The minimum absolute atomic E-state index is 0.164. The summed E-state index contributed by atoms with van der Waals surface area (Å²) in [6, 6.07) is 0. The maximum absolute atomic E-state index is 10.5. The highest BCUT2D eigenvalue weighted by Gasteiger charge is 2.59. The molecule has 1 heterocycles. The Hall–Kier alpha value is -0.830. The van der Waals surface area contributed by atoms with Gasteiger partial charge in [-0.3, -0.25) is 0 Å². The lowest BCUT2D eigenvalue weighted by molar-refractivity contribution is -0.143. The number of ether oxygens (including phenoxy) is 1. The molecule has 10 heavy (non-hydrogen) atoms. The van der Waals surface area contributed by atoms with E-state index in [2.05, 4.69) is 6.58 Å². The molecule has 1 aliphatic heterocycles. The van der Waals surface area contributed by atoms with Crippen molar-refractivity contribution in [3.8, 4) is 0 Å². The molecule has 3 heteroatoms. The Balaban J connectivity index is 2.63. The maximum Gasteiger partial charge on any atom is 0.339 e. The van der Waals surface area contributed by atoms with Crippen molar-refractivity contribution in [3.63, 3.8) is 0 Å². The van der Waals surface area contributed by atoms with Crippen molar-refractivity contribution < 1.29 is 14.6 Å². The molecule has 1 fully saturated rings. The van der Waals surface area contributed by atoms with Crippen LogP contribution in [0.25, 0.3) is 0 Å². The number of carbonyl (C=O) groups is 1. The van der Waals surface area contributed by atoms with Crippen LogP contribution in [0.4, 0.5) is 0 Å². The third kappa shape index (κ3) is 0.827. The highest BCUT2D eigenvalue weighted by Crippen LogP contribution is 2.39. The van der Waals surface area contributed by atoms with Gasteiger partial charge in [-0.25, -0.2) is 4.79 Å². The molecule has 0 spiro atoms. The van der Waals surface area contributed by atoms with Crippen LogP contribution in [0.15, 0.2) is 12.7 Å². The largest absolute Gasteiger partial charge is 0.479 e. The van der Waals surface area contributed by atoms with Crippen molar-refractivity contribution >= 4 is 5.97 Å². The second kappa shape index (κ2) is 2.09. The van der Waals surface area contributed by atoms with Gasteiger partial charge in [0.15, 0.2) is 5.60 Å². The average molecular weight is 142 g/mol. The molecule has 0 radical (unpaired) electrons. The Labute approximate surface area is 59.3 Å². The zero-order valence-electron chi connectivity index (χ0n) is 5.83. The first-order valence-electron chi connectivity index (χ1n) is 3.15. The standard InChI is InChI=1S/C7H10O3/c1-3-4-7(6(8)9)5(2)10-7/h3,5H,1,4H2,2H3,(H,8,9). The Morgan fingerprint density at radius 1 is 2.00 bits per heavy atom. The molecule has 1 N–H and O–H groups in total. The van der Waals surface area contributed by atoms with Crippen LogP contribution in [0.5, 0.6) is 0 Å². The van der Waals surface area contributed by atoms with Gasteiger partial charge in [0.2, 0.25) is 0 Å². The molecule has 1 aliphatic rings. The third-order valence-corrected chi connectivity index (χ3v) is 1.80. The average Bonchev–Trinajstić information content (AvgIpc) is 2.44. The lowest BCUT2D eigenvalue weighted by Gasteiger charge is -2.00. The molecule has 56 valence electrons. The van der Waals surface area contributed by atoms with Crippen molar-refractivity contribution in [3.05, 3.63) is 12.7 Å². The van der Waals surface area contributed by atoms with Crippen LogP contribution >= 0.6 is 0 Å². The summed E-state index contributed by atoms with van der Waals surface area (Å²) in [6.07, 6.45) is 1.80. The molecule has 2 unspecified atom stereocenters. The van der Waals surface area contributed by atoms with Gasteiger partial charge in [0, 0.05) is 6.42 Å². The normalized spacial score (nSPS) is 37.1. The van der Waals surface area contributed by atoms with Crippen LogP contribution in [0.3, 0.4) is 0 Å². The van der Waals surface area contributed by atoms with Gasteiger partial charge in [0.05, 0.1) is 6.10 Å². The summed E-state index contributed by atoms with van der Waals surface area (Å²) in [5.74, 6) is -0.889. The second-order valence-electron chi connectivity index (χ2n) is 2.45. The van der Waals surface area contributed by atoms with E-state index < -0.39 is 11.6 Å². The molecule has 2 atom stereocenters. The topological polar surface area (TPSA) is 49.8 Å². The Morgan fingerprint density at radius 3 is 2.60 bits per heavy atom. The molecule has 0 aliphatic carbocycles. The predicted molar refractivity (Wildman–Crippen MR) is 35.7 cm³/mol. The summed E-state index contributed by atoms with van der Waals surface area (Å²) in [6.45, 7) is 5.21. The predicted octanol–water partition coefficient (Wildman–Crippen LogP) is 0.805. The minimum Gasteiger partial charge on any atom is -0.479 e. The highest BCUT2D eigenvalue weighted by molar-refractivity contribution is 5.81. The van der Waals surface area contributed by atoms with Gasteiger partial charge < -0.3 is 9.84 Å². The van der Waals surface area contributed by atoms with Crippen molar-refractivity contribution in [1.82, 2.24) is 0 Å². The fraction of sp³-hybridized carbons (Fsp3) is 0.571. The fourth-order valence-corrected chi connectivity index (χ4v) is 1.02. The summed E-state index contributed by atoms with van der Waals surface area (Å²) in [7, 11) is 0. The smallest absolute Gasteiger partial charge is 0.339 e. The van der Waals surface area contributed by atoms with Crippen LogP contribution in [-0.2, 0) is 9.53 Å². The number of hydrogen-bond donors (Lipinski definition) is 1. The molecule has 0 aromatic rings. The summed E-state index contributed by atoms with van der Waals surface area (Å²) < 4.78 is 4.94. The Morgan fingerprint density at radius 2 is 2.50 bits per heavy atom. The van der Waals surface area contributed by atoms with E-state index in [9.17, 15) is 4.79 Å². The van der Waals surface area contributed by atoms with Crippen LogP contribution in [0, 0.1) is 0 Å². The van der Waals surface area contributed by atoms with Crippen LogP contribution in [0.1, 0.15) is 13.3 Å². The molecule has 0 saturated carbocycles.